The van der Waals surface area contributed by atoms with Gasteiger partial charge in [-0.05, 0) is 37.4 Å². The predicted octanol–water partition coefficient (Wildman–Crippen LogP) is 3.07. The third-order valence-electron chi connectivity index (χ3n) is 3.39. The Kier molecular flexibility index (Phi) is 3.83. The van der Waals surface area contributed by atoms with Gasteiger partial charge in [0.2, 0.25) is 0 Å². The summed E-state index contributed by atoms with van der Waals surface area (Å²) in [5, 5.41) is 3.58. The van der Waals surface area contributed by atoms with Crippen LogP contribution in [0.4, 0.5) is 0 Å². The highest BCUT2D eigenvalue weighted by Gasteiger charge is 2.18. The number of methoxy groups -OCH3 is 1. The van der Waals surface area contributed by atoms with Crippen molar-refractivity contribution in [2.24, 2.45) is 0 Å². The van der Waals surface area contributed by atoms with Gasteiger partial charge in [0.15, 0.2) is 0 Å². The van der Waals surface area contributed by atoms with Crippen LogP contribution in [-0.2, 0) is 6.42 Å². The summed E-state index contributed by atoms with van der Waals surface area (Å²) in [5.41, 5.74) is 2.73. The number of benzene rings is 1. The molecule has 1 heterocycles. The molecule has 2 nitrogen and oxygen atoms in total. The van der Waals surface area contributed by atoms with Crippen LogP contribution in [0.2, 0.25) is 0 Å². The van der Waals surface area contributed by atoms with Crippen molar-refractivity contribution in [3.8, 4) is 5.75 Å². The molecule has 0 amide bonds. The Labute approximate surface area is 98.0 Å². The van der Waals surface area contributed by atoms with Crippen molar-refractivity contribution in [1.82, 2.24) is 5.32 Å². The molecular weight excluding hydrogens is 198 g/mol. The van der Waals surface area contributed by atoms with E-state index in [1.807, 2.05) is 0 Å². The van der Waals surface area contributed by atoms with E-state index < -0.39 is 0 Å². The second-order valence-corrected chi connectivity index (χ2v) is 4.43. The molecule has 1 N–H and O–H groups in total. The van der Waals surface area contributed by atoms with Crippen LogP contribution in [0.5, 0.6) is 5.75 Å². The molecule has 1 atom stereocenters. The Morgan fingerprint density at radius 3 is 2.88 bits per heavy atom. The number of hydrogen-bond acceptors (Lipinski definition) is 2. The molecule has 1 aromatic carbocycles. The van der Waals surface area contributed by atoms with Crippen LogP contribution in [0, 0.1) is 0 Å². The number of piperidine rings is 1. The molecule has 2 heteroatoms. The van der Waals surface area contributed by atoms with Crippen LogP contribution in [0.25, 0.3) is 0 Å². The molecule has 88 valence electrons. The van der Waals surface area contributed by atoms with E-state index in [2.05, 4.69) is 30.4 Å². The lowest BCUT2D eigenvalue weighted by Crippen LogP contribution is -2.27. The molecule has 1 aromatic rings. The summed E-state index contributed by atoms with van der Waals surface area (Å²) in [6.07, 6.45) is 4.93. The molecule has 1 unspecified atom stereocenters. The first kappa shape index (κ1) is 11.5. The Morgan fingerprint density at radius 2 is 2.25 bits per heavy atom. The second kappa shape index (κ2) is 5.35. The molecule has 0 spiro atoms. The Balaban J connectivity index is 2.27. The number of ether oxygens (including phenoxy) is 1. The largest absolute Gasteiger partial charge is 0.496 e. The quantitative estimate of drug-likeness (QED) is 0.843. The van der Waals surface area contributed by atoms with Crippen molar-refractivity contribution < 1.29 is 4.74 Å². The lowest BCUT2D eigenvalue weighted by Gasteiger charge is -2.25. The molecule has 2 rings (SSSR count). The smallest absolute Gasteiger partial charge is 0.123 e. The van der Waals surface area contributed by atoms with Crippen molar-refractivity contribution in [2.75, 3.05) is 13.7 Å². The first-order valence-corrected chi connectivity index (χ1v) is 6.25. The highest BCUT2D eigenvalue weighted by Crippen LogP contribution is 2.31. The van der Waals surface area contributed by atoms with E-state index >= 15 is 0 Å². The highest BCUT2D eigenvalue weighted by atomic mass is 16.5. The monoisotopic (exact) mass is 219 g/mol. The SMILES string of the molecule is CCc1ccc(OC)c(C2CCCCN2)c1. The minimum Gasteiger partial charge on any atom is -0.496 e. The van der Waals surface area contributed by atoms with Gasteiger partial charge in [-0.1, -0.05) is 25.5 Å². The van der Waals surface area contributed by atoms with Crippen molar-refractivity contribution in [1.29, 1.82) is 0 Å². The first-order valence-electron chi connectivity index (χ1n) is 6.25. The van der Waals surface area contributed by atoms with Crippen molar-refractivity contribution in [3.63, 3.8) is 0 Å². The maximum absolute atomic E-state index is 5.46. The van der Waals surface area contributed by atoms with Gasteiger partial charge < -0.3 is 10.1 Å². The average Bonchev–Trinajstić information content (AvgIpc) is 2.39. The van der Waals surface area contributed by atoms with E-state index in [0.717, 1.165) is 18.7 Å². The highest BCUT2D eigenvalue weighted by molar-refractivity contribution is 5.39. The van der Waals surface area contributed by atoms with E-state index in [1.165, 1.54) is 30.4 Å². The maximum Gasteiger partial charge on any atom is 0.123 e. The second-order valence-electron chi connectivity index (χ2n) is 4.43. The fourth-order valence-electron chi connectivity index (χ4n) is 2.39. The zero-order valence-corrected chi connectivity index (χ0v) is 10.3. The van der Waals surface area contributed by atoms with E-state index in [4.69, 9.17) is 4.74 Å². The third-order valence-corrected chi connectivity index (χ3v) is 3.39. The molecule has 0 aromatic heterocycles. The topological polar surface area (TPSA) is 21.3 Å². The molecule has 0 aliphatic carbocycles. The molecular formula is C14H21NO. The average molecular weight is 219 g/mol. The number of hydrogen-bond donors (Lipinski definition) is 1. The van der Waals surface area contributed by atoms with Crippen molar-refractivity contribution in [2.45, 2.75) is 38.6 Å². The van der Waals surface area contributed by atoms with Crippen LogP contribution in [-0.4, -0.2) is 13.7 Å². The number of aryl methyl sites for hydroxylation is 1. The van der Waals surface area contributed by atoms with Crippen LogP contribution in [0.3, 0.4) is 0 Å². The van der Waals surface area contributed by atoms with Crippen LogP contribution in [0.1, 0.15) is 43.4 Å². The standard InChI is InChI=1S/C14H21NO/c1-3-11-7-8-14(16-2)12(10-11)13-6-4-5-9-15-13/h7-8,10,13,15H,3-6,9H2,1-2H3. The summed E-state index contributed by atoms with van der Waals surface area (Å²) in [6.45, 7) is 3.32. The van der Waals surface area contributed by atoms with Gasteiger partial charge >= 0.3 is 0 Å². The minimum absolute atomic E-state index is 0.482. The fourth-order valence-corrected chi connectivity index (χ4v) is 2.39. The lowest BCUT2D eigenvalue weighted by atomic mass is 9.95. The van der Waals surface area contributed by atoms with Crippen LogP contribution in [0.15, 0.2) is 18.2 Å². The zero-order valence-electron chi connectivity index (χ0n) is 10.3. The van der Waals surface area contributed by atoms with Gasteiger partial charge in [0.25, 0.3) is 0 Å². The number of nitrogens with one attached hydrogen (secondary N) is 1. The Bertz CT molecular complexity index is 343. The van der Waals surface area contributed by atoms with Gasteiger partial charge in [-0.2, -0.15) is 0 Å². The van der Waals surface area contributed by atoms with Gasteiger partial charge in [0, 0.05) is 11.6 Å². The summed E-state index contributed by atoms with van der Waals surface area (Å²) in [5.74, 6) is 1.02. The lowest BCUT2D eigenvalue weighted by molar-refractivity contribution is 0.373. The molecule has 0 bridgehead atoms. The Morgan fingerprint density at radius 1 is 1.38 bits per heavy atom. The normalized spacial score (nSPS) is 20.8. The van der Waals surface area contributed by atoms with Crippen LogP contribution < -0.4 is 10.1 Å². The summed E-state index contributed by atoms with van der Waals surface area (Å²) in [7, 11) is 1.76. The molecule has 1 fully saturated rings. The minimum atomic E-state index is 0.482. The Hall–Kier alpha value is -1.02. The predicted molar refractivity (Wildman–Crippen MR) is 67.0 cm³/mol. The summed E-state index contributed by atoms with van der Waals surface area (Å²) < 4.78 is 5.46. The summed E-state index contributed by atoms with van der Waals surface area (Å²) >= 11 is 0. The number of rotatable bonds is 3. The molecule has 1 aliphatic rings. The van der Waals surface area contributed by atoms with E-state index in [9.17, 15) is 0 Å². The summed E-state index contributed by atoms with van der Waals surface area (Å²) in [6, 6.07) is 7.03. The van der Waals surface area contributed by atoms with Gasteiger partial charge in [-0.15, -0.1) is 0 Å². The zero-order chi connectivity index (χ0) is 11.4. The van der Waals surface area contributed by atoms with Gasteiger partial charge in [-0.25, -0.2) is 0 Å². The molecule has 0 radical (unpaired) electrons. The molecule has 1 saturated heterocycles. The fraction of sp³-hybridized carbons (Fsp3) is 0.571. The van der Waals surface area contributed by atoms with Crippen LogP contribution >= 0.6 is 0 Å². The maximum atomic E-state index is 5.46. The summed E-state index contributed by atoms with van der Waals surface area (Å²) in [4.78, 5) is 0. The van der Waals surface area contributed by atoms with Gasteiger partial charge in [-0.3, -0.25) is 0 Å². The molecule has 1 aliphatic heterocycles. The molecule has 16 heavy (non-hydrogen) atoms. The van der Waals surface area contributed by atoms with E-state index in [1.54, 1.807) is 7.11 Å². The van der Waals surface area contributed by atoms with Crippen molar-refractivity contribution in [3.05, 3.63) is 29.3 Å². The first-order chi connectivity index (χ1) is 7.85. The van der Waals surface area contributed by atoms with Gasteiger partial charge in [0.05, 0.1) is 7.11 Å². The molecule has 0 saturated carbocycles. The van der Waals surface area contributed by atoms with Gasteiger partial charge in [0.1, 0.15) is 5.75 Å². The third kappa shape index (κ3) is 2.38. The van der Waals surface area contributed by atoms with Crippen molar-refractivity contribution >= 4 is 0 Å². The van der Waals surface area contributed by atoms with E-state index in [0.29, 0.717) is 6.04 Å². The van der Waals surface area contributed by atoms with E-state index in [-0.39, 0.29) is 0 Å².